The first kappa shape index (κ1) is 8.52. The van der Waals surface area contributed by atoms with E-state index in [0.717, 1.165) is 17.2 Å². The molecule has 0 aliphatic carbocycles. The number of para-hydroxylation sites is 1. The highest BCUT2D eigenvalue weighted by atomic mass is 16.1. The summed E-state index contributed by atoms with van der Waals surface area (Å²) in [5.74, 6) is 0. The molecule has 0 unspecified atom stereocenters. The Morgan fingerprint density at radius 3 is 2.93 bits per heavy atom. The fraction of sp³-hybridized carbons (Fsp3) is 0.0909. The van der Waals surface area contributed by atoms with E-state index in [4.69, 9.17) is 5.26 Å². The molecule has 0 spiro atoms. The van der Waals surface area contributed by atoms with Gasteiger partial charge in [-0.2, -0.15) is 5.26 Å². The highest BCUT2D eigenvalue weighted by Gasteiger charge is 2.08. The summed E-state index contributed by atoms with van der Waals surface area (Å²) in [6.07, 6.45) is 2.54. The fourth-order valence-corrected chi connectivity index (χ4v) is 1.68. The van der Waals surface area contributed by atoms with E-state index < -0.39 is 0 Å². The van der Waals surface area contributed by atoms with Gasteiger partial charge in [-0.15, -0.1) is 0 Å². The highest BCUT2D eigenvalue weighted by Crippen LogP contribution is 2.22. The predicted molar refractivity (Wildman–Crippen MR) is 53.0 cm³/mol. The third-order valence-corrected chi connectivity index (χ3v) is 2.28. The van der Waals surface area contributed by atoms with Gasteiger partial charge in [0.2, 0.25) is 0 Å². The van der Waals surface area contributed by atoms with Crippen LogP contribution in [-0.4, -0.2) is 10.9 Å². The number of fused-ring (bicyclic) bond motifs is 1. The van der Waals surface area contributed by atoms with Crippen molar-refractivity contribution in [3.63, 3.8) is 0 Å². The molecule has 3 nitrogen and oxygen atoms in total. The van der Waals surface area contributed by atoms with Crippen molar-refractivity contribution >= 4 is 17.2 Å². The molecule has 1 aromatic carbocycles. The zero-order chi connectivity index (χ0) is 10.1. The average molecular weight is 184 g/mol. The minimum atomic E-state index is 0.603. The van der Waals surface area contributed by atoms with Gasteiger partial charge >= 0.3 is 0 Å². The van der Waals surface area contributed by atoms with Crippen LogP contribution in [0.4, 0.5) is 0 Å². The van der Waals surface area contributed by atoms with Crippen molar-refractivity contribution in [1.82, 2.24) is 4.57 Å². The number of nitrogens with zero attached hydrogens (tertiary/aromatic N) is 2. The number of aryl methyl sites for hydroxylation is 1. The summed E-state index contributed by atoms with van der Waals surface area (Å²) in [6, 6.07) is 7.48. The summed E-state index contributed by atoms with van der Waals surface area (Å²) in [5.41, 5.74) is 2.04. The molecule has 0 aliphatic heterocycles. The zero-order valence-corrected chi connectivity index (χ0v) is 7.69. The third-order valence-electron chi connectivity index (χ3n) is 2.28. The van der Waals surface area contributed by atoms with Gasteiger partial charge in [0.05, 0.1) is 11.1 Å². The van der Waals surface area contributed by atoms with E-state index in [-0.39, 0.29) is 0 Å². The Kier molecular flexibility index (Phi) is 1.83. The molecule has 1 aromatic heterocycles. The van der Waals surface area contributed by atoms with Gasteiger partial charge in [0.15, 0.2) is 6.29 Å². The van der Waals surface area contributed by atoms with Crippen molar-refractivity contribution < 1.29 is 4.79 Å². The summed E-state index contributed by atoms with van der Waals surface area (Å²) in [7, 11) is 1.83. The van der Waals surface area contributed by atoms with E-state index in [1.807, 2.05) is 13.1 Å². The number of aldehydes is 1. The number of hydrogen-bond acceptors (Lipinski definition) is 2. The van der Waals surface area contributed by atoms with Crippen LogP contribution >= 0.6 is 0 Å². The second-order valence-corrected chi connectivity index (χ2v) is 3.13. The molecule has 0 saturated carbocycles. The first-order chi connectivity index (χ1) is 6.77. The maximum atomic E-state index is 10.8. The topological polar surface area (TPSA) is 45.8 Å². The minimum absolute atomic E-state index is 0.603. The largest absolute Gasteiger partial charge is 0.349 e. The van der Waals surface area contributed by atoms with E-state index in [9.17, 15) is 4.79 Å². The lowest BCUT2D eigenvalue weighted by Gasteiger charge is -1.98. The van der Waals surface area contributed by atoms with Crippen molar-refractivity contribution in [2.45, 2.75) is 0 Å². The van der Waals surface area contributed by atoms with Crippen molar-refractivity contribution in [2.75, 3.05) is 0 Å². The summed E-state index contributed by atoms with van der Waals surface area (Å²) in [6.45, 7) is 0. The van der Waals surface area contributed by atoms with Crippen molar-refractivity contribution in [3.8, 4) is 6.07 Å². The van der Waals surface area contributed by atoms with Crippen LogP contribution in [0.3, 0.4) is 0 Å². The van der Waals surface area contributed by atoms with E-state index in [0.29, 0.717) is 11.1 Å². The number of carbonyl (C=O) groups excluding carboxylic acids is 1. The molecular weight excluding hydrogens is 176 g/mol. The number of benzene rings is 1. The molecule has 0 radical (unpaired) electrons. The second-order valence-electron chi connectivity index (χ2n) is 3.13. The molecule has 0 N–H and O–H groups in total. The molecule has 0 aliphatic rings. The lowest BCUT2D eigenvalue weighted by molar-refractivity contribution is 0.112. The number of hydrogen-bond donors (Lipinski definition) is 0. The SMILES string of the molecule is Cn1cc(C#N)c2cccc(C=O)c21. The van der Waals surface area contributed by atoms with Crippen LogP contribution in [0.2, 0.25) is 0 Å². The summed E-state index contributed by atoms with van der Waals surface area (Å²) >= 11 is 0. The van der Waals surface area contributed by atoms with E-state index in [2.05, 4.69) is 6.07 Å². The van der Waals surface area contributed by atoms with Crippen LogP contribution in [0.5, 0.6) is 0 Å². The van der Waals surface area contributed by atoms with E-state index >= 15 is 0 Å². The molecule has 0 bridgehead atoms. The van der Waals surface area contributed by atoms with Gasteiger partial charge in [-0.1, -0.05) is 12.1 Å². The second kappa shape index (κ2) is 3.00. The van der Waals surface area contributed by atoms with Gasteiger partial charge in [-0.05, 0) is 6.07 Å². The van der Waals surface area contributed by atoms with Gasteiger partial charge < -0.3 is 4.57 Å². The number of nitriles is 1. The van der Waals surface area contributed by atoms with Crippen LogP contribution in [0.1, 0.15) is 15.9 Å². The van der Waals surface area contributed by atoms with Gasteiger partial charge in [0.1, 0.15) is 6.07 Å². The molecule has 0 fully saturated rings. The summed E-state index contributed by atoms with van der Waals surface area (Å²) in [4.78, 5) is 10.8. The molecular formula is C11H8N2O. The van der Waals surface area contributed by atoms with Gasteiger partial charge in [-0.25, -0.2) is 0 Å². The normalized spacial score (nSPS) is 10.0. The standard InChI is InChI=1S/C11H8N2O/c1-13-6-9(5-12)10-4-2-3-8(7-14)11(10)13/h2-4,6-7H,1H3. The lowest BCUT2D eigenvalue weighted by atomic mass is 10.1. The lowest BCUT2D eigenvalue weighted by Crippen LogP contribution is -1.89. The van der Waals surface area contributed by atoms with Gasteiger partial charge in [-0.3, -0.25) is 4.79 Å². The zero-order valence-electron chi connectivity index (χ0n) is 7.69. The molecule has 0 saturated heterocycles. The van der Waals surface area contributed by atoms with Crippen molar-refractivity contribution in [1.29, 1.82) is 5.26 Å². The number of carbonyl (C=O) groups is 1. The molecule has 3 heteroatoms. The average Bonchev–Trinajstić information content (AvgIpc) is 2.55. The van der Waals surface area contributed by atoms with E-state index in [1.54, 1.807) is 22.9 Å². The Labute approximate surface area is 81.2 Å². The van der Waals surface area contributed by atoms with E-state index in [1.165, 1.54) is 0 Å². The third kappa shape index (κ3) is 1.01. The van der Waals surface area contributed by atoms with Crippen LogP contribution in [0, 0.1) is 11.3 Å². The van der Waals surface area contributed by atoms with Crippen LogP contribution < -0.4 is 0 Å². The molecule has 2 aromatic rings. The minimum Gasteiger partial charge on any atom is -0.349 e. The monoisotopic (exact) mass is 184 g/mol. The Hall–Kier alpha value is -2.08. The molecule has 68 valence electrons. The fourth-order valence-electron chi connectivity index (χ4n) is 1.68. The summed E-state index contributed by atoms with van der Waals surface area (Å²) in [5, 5.41) is 9.69. The maximum Gasteiger partial charge on any atom is 0.152 e. The Bertz CT molecular complexity index is 546. The maximum absolute atomic E-state index is 10.8. The van der Waals surface area contributed by atoms with Crippen molar-refractivity contribution in [3.05, 3.63) is 35.5 Å². The molecule has 14 heavy (non-hydrogen) atoms. The Morgan fingerprint density at radius 1 is 1.50 bits per heavy atom. The van der Waals surface area contributed by atoms with Crippen LogP contribution in [-0.2, 0) is 7.05 Å². The highest BCUT2D eigenvalue weighted by molar-refractivity contribution is 5.98. The molecule has 0 amide bonds. The van der Waals surface area contributed by atoms with Crippen LogP contribution in [0.25, 0.3) is 10.9 Å². The first-order valence-electron chi connectivity index (χ1n) is 4.21. The quantitative estimate of drug-likeness (QED) is 0.635. The Balaban J connectivity index is 2.96. The smallest absolute Gasteiger partial charge is 0.152 e. The molecule has 1 heterocycles. The molecule has 2 rings (SSSR count). The number of aromatic nitrogens is 1. The van der Waals surface area contributed by atoms with Crippen LogP contribution in [0.15, 0.2) is 24.4 Å². The molecule has 0 atom stereocenters. The number of rotatable bonds is 1. The summed E-state index contributed by atoms with van der Waals surface area (Å²) < 4.78 is 1.80. The Morgan fingerprint density at radius 2 is 2.29 bits per heavy atom. The van der Waals surface area contributed by atoms with Gasteiger partial charge in [0.25, 0.3) is 0 Å². The first-order valence-corrected chi connectivity index (χ1v) is 4.21. The van der Waals surface area contributed by atoms with Gasteiger partial charge in [0, 0.05) is 24.2 Å². The van der Waals surface area contributed by atoms with Crippen molar-refractivity contribution in [2.24, 2.45) is 7.05 Å². The predicted octanol–water partition coefficient (Wildman–Crippen LogP) is 1.86.